The van der Waals surface area contributed by atoms with Gasteiger partial charge in [-0.15, -0.1) is 11.8 Å². The van der Waals surface area contributed by atoms with Crippen LogP contribution in [0, 0.1) is 17.3 Å². The summed E-state index contributed by atoms with van der Waals surface area (Å²) in [6, 6.07) is -0.527. The Bertz CT molecular complexity index is 359. The number of hydrogen-bond donors (Lipinski definition) is 2. The first-order chi connectivity index (χ1) is 8.82. The highest BCUT2D eigenvalue weighted by molar-refractivity contribution is 5.83. The van der Waals surface area contributed by atoms with E-state index in [9.17, 15) is 4.79 Å². The average Bonchev–Trinajstić information content (AvgIpc) is 2.35. The van der Waals surface area contributed by atoms with Crippen LogP contribution in [0.25, 0.3) is 0 Å². The van der Waals surface area contributed by atoms with Crippen LogP contribution in [-0.2, 0) is 9.53 Å². The van der Waals surface area contributed by atoms with E-state index in [2.05, 4.69) is 17.2 Å². The van der Waals surface area contributed by atoms with Gasteiger partial charge in [0.2, 0.25) is 5.91 Å². The summed E-state index contributed by atoms with van der Waals surface area (Å²) in [5.74, 6) is 5.63. The summed E-state index contributed by atoms with van der Waals surface area (Å²) in [5.41, 5.74) is 5.59. The van der Waals surface area contributed by atoms with Gasteiger partial charge in [-0.3, -0.25) is 4.79 Å². The molecule has 0 aliphatic carbocycles. The van der Waals surface area contributed by atoms with Crippen LogP contribution in [0.15, 0.2) is 12.3 Å². The van der Waals surface area contributed by atoms with Gasteiger partial charge in [0.05, 0.1) is 12.1 Å². The van der Waals surface area contributed by atoms with Crippen molar-refractivity contribution in [1.29, 1.82) is 0 Å². The number of nitrogens with two attached hydrogens (primary N) is 1. The lowest BCUT2D eigenvalue weighted by atomic mass is 9.87. The Hall–Kier alpha value is -1.31. The summed E-state index contributed by atoms with van der Waals surface area (Å²) in [4.78, 5) is 11.7. The van der Waals surface area contributed by atoms with Gasteiger partial charge in [0.15, 0.2) is 0 Å². The first kappa shape index (κ1) is 17.7. The minimum atomic E-state index is -0.527. The summed E-state index contributed by atoms with van der Waals surface area (Å²) in [6.07, 6.45) is 4.93. The molecule has 0 saturated carbocycles. The van der Waals surface area contributed by atoms with Crippen molar-refractivity contribution in [1.82, 2.24) is 5.32 Å². The van der Waals surface area contributed by atoms with Crippen LogP contribution >= 0.6 is 0 Å². The third-order valence-corrected chi connectivity index (χ3v) is 2.80. The Kier molecular flexibility index (Phi) is 8.13. The highest BCUT2D eigenvalue weighted by atomic mass is 16.5. The monoisotopic (exact) mass is 266 g/mol. The molecule has 0 fully saturated rings. The quantitative estimate of drug-likeness (QED) is 0.721. The van der Waals surface area contributed by atoms with Crippen molar-refractivity contribution < 1.29 is 9.53 Å². The average molecular weight is 266 g/mol. The van der Waals surface area contributed by atoms with Crippen molar-refractivity contribution in [3.8, 4) is 11.8 Å². The zero-order valence-corrected chi connectivity index (χ0v) is 12.6. The van der Waals surface area contributed by atoms with E-state index in [0.29, 0.717) is 12.8 Å². The molecule has 0 spiro atoms. The van der Waals surface area contributed by atoms with Crippen molar-refractivity contribution in [2.24, 2.45) is 11.1 Å². The third-order valence-electron chi connectivity index (χ3n) is 2.80. The topological polar surface area (TPSA) is 64.4 Å². The maximum atomic E-state index is 11.7. The van der Waals surface area contributed by atoms with Gasteiger partial charge in [-0.2, -0.15) is 0 Å². The molecule has 2 unspecified atom stereocenters. The SMILES string of the molecule is CC#CCC(CC=CNC(=O)C(N)C(C)(C)C)OC. The largest absolute Gasteiger partial charge is 0.380 e. The molecule has 0 aliphatic rings. The lowest BCUT2D eigenvalue weighted by Gasteiger charge is -2.25. The number of hydrogen-bond acceptors (Lipinski definition) is 3. The van der Waals surface area contributed by atoms with Gasteiger partial charge >= 0.3 is 0 Å². The summed E-state index contributed by atoms with van der Waals surface area (Å²) in [7, 11) is 1.66. The number of nitrogens with one attached hydrogen (secondary N) is 1. The van der Waals surface area contributed by atoms with E-state index < -0.39 is 6.04 Å². The van der Waals surface area contributed by atoms with E-state index in [4.69, 9.17) is 10.5 Å². The van der Waals surface area contributed by atoms with Crippen molar-refractivity contribution in [2.75, 3.05) is 7.11 Å². The second kappa shape index (κ2) is 8.73. The molecule has 19 heavy (non-hydrogen) atoms. The van der Waals surface area contributed by atoms with Gasteiger partial charge in [0, 0.05) is 13.5 Å². The molecule has 0 aliphatic heterocycles. The Morgan fingerprint density at radius 1 is 1.47 bits per heavy atom. The van der Waals surface area contributed by atoms with Gasteiger partial charge in [-0.05, 0) is 25.0 Å². The maximum absolute atomic E-state index is 11.7. The lowest BCUT2D eigenvalue weighted by Crippen LogP contribution is -2.47. The fourth-order valence-electron chi connectivity index (χ4n) is 1.32. The minimum Gasteiger partial charge on any atom is -0.380 e. The van der Waals surface area contributed by atoms with E-state index in [1.54, 1.807) is 20.2 Å². The van der Waals surface area contributed by atoms with E-state index in [1.165, 1.54) is 0 Å². The zero-order valence-electron chi connectivity index (χ0n) is 12.6. The van der Waals surface area contributed by atoms with Crippen LogP contribution in [0.1, 0.15) is 40.5 Å². The van der Waals surface area contributed by atoms with Crippen LogP contribution in [0.3, 0.4) is 0 Å². The van der Waals surface area contributed by atoms with E-state index in [0.717, 1.165) is 0 Å². The highest BCUT2D eigenvalue weighted by Gasteiger charge is 2.26. The van der Waals surface area contributed by atoms with E-state index in [1.807, 2.05) is 26.8 Å². The molecule has 4 heteroatoms. The summed E-state index contributed by atoms with van der Waals surface area (Å²) in [6.45, 7) is 7.61. The number of ether oxygens (including phenoxy) is 1. The van der Waals surface area contributed by atoms with Gasteiger partial charge in [-0.25, -0.2) is 0 Å². The van der Waals surface area contributed by atoms with Crippen molar-refractivity contribution in [3.63, 3.8) is 0 Å². The molecular weight excluding hydrogens is 240 g/mol. The van der Waals surface area contributed by atoms with Gasteiger partial charge in [-0.1, -0.05) is 26.8 Å². The van der Waals surface area contributed by atoms with Crippen molar-refractivity contribution in [3.05, 3.63) is 12.3 Å². The minimum absolute atomic E-state index is 0.0527. The number of rotatable bonds is 6. The molecule has 0 saturated heterocycles. The highest BCUT2D eigenvalue weighted by Crippen LogP contribution is 2.17. The molecule has 108 valence electrons. The number of carbonyl (C=O) groups is 1. The van der Waals surface area contributed by atoms with Crippen LogP contribution < -0.4 is 11.1 Å². The second-order valence-corrected chi connectivity index (χ2v) is 5.48. The fourth-order valence-corrected chi connectivity index (χ4v) is 1.32. The number of methoxy groups -OCH3 is 1. The maximum Gasteiger partial charge on any atom is 0.241 e. The molecule has 1 amide bonds. The predicted octanol–water partition coefficient (Wildman–Crippen LogP) is 1.81. The van der Waals surface area contributed by atoms with Crippen LogP contribution in [-0.4, -0.2) is 25.2 Å². The first-order valence-electron chi connectivity index (χ1n) is 6.46. The molecule has 0 heterocycles. The molecule has 3 N–H and O–H groups in total. The lowest BCUT2D eigenvalue weighted by molar-refractivity contribution is -0.123. The fraction of sp³-hybridized carbons (Fsp3) is 0.667. The smallest absolute Gasteiger partial charge is 0.241 e. The predicted molar refractivity (Wildman–Crippen MR) is 78.2 cm³/mol. The Labute approximate surface area is 116 Å². The molecular formula is C15H26N2O2. The number of amides is 1. The zero-order chi connectivity index (χ0) is 14.9. The molecule has 0 rings (SSSR count). The third kappa shape index (κ3) is 7.66. The molecule has 0 bridgehead atoms. The van der Waals surface area contributed by atoms with Crippen LogP contribution in [0.4, 0.5) is 0 Å². The van der Waals surface area contributed by atoms with E-state index in [-0.39, 0.29) is 17.4 Å². The van der Waals surface area contributed by atoms with Crippen molar-refractivity contribution in [2.45, 2.75) is 52.7 Å². The molecule has 0 radical (unpaired) electrons. The van der Waals surface area contributed by atoms with Gasteiger partial charge in [0.1, 0.15) is 0 Å². The second-order valence-electron chi connectivity index (χ2n) is 5.48. The standard InChI is InChI=1S/C15H26N2O2/c1-6-7-9-12(19-5)10-8-11-17-14(18)13(16)15(2,3)4/h8,11-13H,9-10,16H2,1-5H3,(H,17,18). The van der Waals surface area contributed by atoms with Gasteiger partial charge in [0.25, 0.3) is 0 Å². The molecule has 4 nitrogen and oxygen atoms in total. The van der Waals surface area contributed by atoms with Crippen molar-refractivity contribution >= 4 is 5.91 Å². The normalized spacial score (nSPS) is 14.6. The van der Waals surface area contributed by atoms with Crippen LogP contribution in [0.2, 0.25) is 0 Å². The summed E-state index contributed by atoms with van der Waals surface area (Å²) in [5, 5.41) is 2.69. The van der Waals surface area contributed by atoms with Crippen LogP contribution in [0.5, 0.6) is 0 Å². The Morgan fingerprint density at radius 2 is 2.11 bits per heavy atom. The summed E-state index contributed by atoms with van der Waals surface area (Å²) < 4.78 is 5.27. The molecule has 0 aromatic carbocycles. The molecule has 0 aromatic rings. The van der Waals surface area contributed by atoms with Gasteiger partial charge < -0.3 is 15.8 Å². The Balaban J connectivity index is 4.14. The van der Waals surface area contributed by atoms with E-state index >= 15 is 0 Å². The first-order valence-corrected chi connectivity index (χ1v) is 6.46. The number of carbonyl (C=O) groups excluding carboxylic acids is 1. The molecule has 0 aromatic heterocycles. The molecule has 2 atom stereocenters. The Morgan fingerprint density at radius 3 is 2.58 bits per heavy atom. The summed E-state index contributed by atoms with van der Waals surface area (Å²) >= 11 is 0.